The minimum absolute atomic E-state index is 0.124. The van der Waals surface area contributed by atoms with Gasteiger partial charge >= 0.3 is 0 Å². The SMILES string of the molecule is C=CC(=C)CC/C=C(\C)COS(C)(=O)=O. The zero-order valence-electron chi connectivity index (χ0n) is 9.32. The summed E-state index contributed by atoms with van der Waals surface area (Å²) in [6.07, 6.45) is 6.36. The molecule has 15 heavy (non-hydrogen) atoms. The fourth-order valence-electron chi connectivity index (χ4n) is 0.865. The van der Waals surface area contributed by atoms with Gasteiger partial charge in [-0.1, -0.05) is 36.5 Å². The van der Waals surface area contributed by atoms with Crippen LogP contribution in [0.25, 0.3) is 0 Å². The van der Waals surface area contributed by atoms with E-state index in [1.54, 1.807) is 6.08 Å². The molecule has 0 aromatic heterocycles. The Balaban J connectivity index is 3.90. The quantitative estimate of drug-likeness (QED) is 0.383. The monoisotopic (exact) mass is 230 g/mol. The molecular formula is C11H18O3S. The van der Waals surface area contributed by atoms with E-state index < -0.39 is 10.1 Å². The molecule has 86 valence electrons. The molecule has 0 N–H and O–H groups in total. The third-order valence-corrected chi connectivity index (χ3v) is 2.29. The summed E-state index contributed by atoms with van der Waals surface area (Å²) in [7, 11) is -3.34. The number of hydrogen-bond donors (Lipinski definition) is 0. The summed E-state index contributed by atoms with van der Waals surface area (Å²) in [5.41, 5.74) is 1.88. The molecule has 0 aromatic rings. The highest BCUT2D eigenvalue weighted by atomic mass is 32.2. The molecule has 4 heteroatoms. The minimum Gasteiger partial charge on any atom is -0.266 e. The first-order valence-electron chi connectivity index (χ1n) is 4.65. The number of hydrogen-bond acceptors (Lipinski definition) is 3. The van der Waals surface area contributed by atoms with Gasteiger partial charge in [0.05, 0.1) is 12.9 Å². The Morgan fingerprint density at radius 1 is 1.47 bits per heavy atom. The van der Waals surface area contributed by atoms with Gasteiger partial charge in [-0.25, -0.2) is 0 Å². The Kier molecular flexibility index (Phi) is 6.20. The van der Waals surface area contributed by atoms with Crippen molar-refractivity contribution in [1.29, 1.82) is 0 Å². The van der Waals surface area contributed by atoms with E-state index in [9.17, 15) is 8.42 Å². The number of rotatable bonds is 7. The predicted octanol–water partition coefficient (Wildman–Crippen LogP) is 2.43. The summed E-state index contributed by atoms with van der Waals surface area (Å²) in [6.45, 7) is 9.34. The highest BCUT2D eigenvalue weighted by molar-refractivity contribution is 7.85. The third-order valence-electron chi connectivity index (χ3n) is 1.75. The molecule has 0 amide bonds. The highest BCUT2D eigenvalue weighted by Crippen LogP contribution is 2.06. The van der Waals surface area contributed by atoms with Crippen molar-refractivity contribution in [3.63, 3.8) is 0 Å². The molecule has 0 aromatic carbocycles. The Morgan fingerprint density at radius 3 is 2.53 bits per heavy atom. The molecule has 0 aliphatic carbocycles. The van der Waals surface area contributed by atoms with Crippen LogP contribution >= 0.6 is 0 Å². The van der Waals surface area contributed by atoms with Crippen LogP contribution in [-0.2, 0) is 14.3 Å². The van der Waals surface area contributed by atoms with Crippen LogP contribution in [0.1, 0.15) is 19.8 Å². The van der Waals surface area contributed by atoms with Crippen LogP contribution in [0.5, 0.6) is 0 Å². The molecule has 0 aliphatic heterocycles. The van der Waals surface area contributed by atoms with Crippen LogP contribution in [0.2, 0.25) is 0 Å². The van der Waals surface area contributed by atoms with Crippen LogP contribution in [-0.4, -0.2) is 21.3 Å². The van der Waals surface area contributed by atoms with Crippen LogP contribution < -0.4 is 0 Å². The van der Waals surface area contributed by atoms with E-state index in [2.05, 4.69) is 17.3 Å². The van der Waals surface area contributed by atoms with Gasteiger partial charge in [-0.2, -0.15) is 8.42 Å². The van der Waals surface area contributed by atoms with Gasteiger partial charge < -0.3 is 0 Å². The Bertz CT molecular complexity index is 350. The van der Waals surface area contributed by atoms with Gasteiger partial charge in [-0.3, -0.25) is 4.18 Å². The maximum atomic E-state index is 10.7. The molecule has 0 rings (SSSR count). The topological polar surface area (TPSA) is 43.4 Å². The molecule has 0 radical (unpaired) electrons. The van der Waals surface area contributed by atoms with E-state index in [0.29, 0.717) is 0 Å². The Hall–Kier alpha value is -0.870. The van der Waals surface area contributed by atoms with Gasteiger partial charge in [0, 0.05) is 0 Å². The zero-order valence-corrected chi connectivity index (χ0v) is 10.1. The Labute approximate surface area is 92.3 Å². The molecule has 0 saturated heterocycles. The molecular weight excluding hydrogens is 212 g/mol. The fourth-order valence-corrected chi connectivity index (χ4v) is 1.26. The standard InChI is InChI=1S/C11H18O3S/c1-5-10(2)7-6-8-11(3)9-14-15(4,12)13/h5,8H,1-2,6-7,9H2,3-4H3/b11-8+. The van der Waals surface area contributed by atoms with E-state index in [4.69, 9.17) is 0 Å². The molecule has 0 heterocycles. The normalized spacial score (nSPS) is 12.5. The van der Waals surface area contributed by atoms with Gasteiger partial charge in [0.15, 0.2) is 0 Å². The largest absolute Gasteiger partial charge is 0.266 e. The van der Waals surface area contributed by atoms with Crippen LogP contribution in [0, 0.1) is 0 Å². The molecule has 0 unspecified atom stereocenters. The third kappa shape index (κ3) is 9.43. The first-order chi connectivity index (χ1) is 6.85. The van der Waals surface area contributed by atoms with Gasteiger partial charge in [-0.05, 0) is 19.8 Å². The van der Waals surface area contributed by atoms with Crippen molar-refractivity contribution in [3.05, 3.63) is 36.5 Å². The van der Waals surface area contributed by atoms with Crippen molar-refractivity contribution in [2.24, 2.45) is 0 Å². The maximum Gasteiger partial charge on any atom is 0.264 e. The highest BCUT2D eigenvalue weighted by Gasteiger charge is 2.01. The molecule has 0 spiro atoms. The maximum absolute atomic E-state index is 10.7. The van der Waals surface area contributed by atoms with E-state index >= 15 is 0 Å². The summed E-state index contributed by atoms with van der Waals surface area (Å²) in [5, 5.41) is 0. The van der Waals surface area contributed by atoms with Crippen molar-refractivity contribution < 1.29 is 12.6 Å². The second kappa shape index (κ2) is 6.58. The lowest BCUT2D eigenvalue weighted by Gasteiger charge is -2.01. The second-order valence-corrected chi connectivity index (χ2v) is 5.06. The average Bonchev–Trinajstić information content (AvgIpc) is 2.13. The van der Waals surface area contributed by atoms with E-state index in [1.807, 2.05) is 13.0 Å². The summed E-state index contributed by atoms with van der Waals surface area (Å²) in [6, 6.07) is 0. The van der Waals surface area contributed by atoms with Crippen LogP contribution in [0.15, 0.2) is 36.5 Å². The summed E-state index contributed by atoms with van der Waals surface area (Å²) in [5.74, 6) is 0. The average molecular weight is 230 g/mol. The van der Waals surface area contributed by atoms with Gasteiger partial charge in [0.25, 0.3) is 10.1 Å². The number of allylic oxidation sites excluding steroid dienone is 3. The molecule has 0 saturated carbocycles. The predicted molar refractivity (Wildman–Crippen MR) is 63.1 cm³/mol. The van der Waals surface area contributed by atoms with Gasteiger partial charge in [-0.15, -0.1) is 0 Å². The lowest BCUT2D eigenvalue weighted by atomic mass is 10.1. The second-order valence-electron chi connectivity index (χ2n) is 3.42. The van der Waals surface area contributed by atoms with Gasteiger partial charge in [0.1, 0.15) is 0 Å². The van der Waals surface area contributed by atoms with Crippen molar-refractivity contribution in [1.82, 2.24) is 0 Å². The van der Waals surface area contributed by atoms with E-state index in [-0.39, 0.29) is 6.61 Å². The molecule has 0 bridgehead atoms. The Morgan fingerprint density at radius 2 is 2.07 bits per heavy atom. The summed E-state index contributed by atoms with van der Waals surface area (Å²) >= 11 is 0. The van der Waals surface area contributed by atoms with Crippen LogP contribution in [0.3, 0.4) is 0 Å². The fraction of sp³-hybridized carbons (Fsp3) is 0.455. The zero-order chi connectivity index (χ0) is 11.9. The van der Waals surface area contributed by atoms with Crippen molar-refractivity contribution in [2.75, 3.05) is 12.9 Å². The molecule has 0 atom stereocenters. The van der Waals surface area contributed by atoms with E-state index in [1.165, 1.54) is 0 Å². The smallest absolute Gasteiger partial charge is 0.264 e. The molecule has 0 fully saturated rings. The lowest BCUT2D eigenvalue weighted by Crippen LogP contribution is -2.04. The summed E-state index contributed by atoms with van der Waals surface area (Å²) in [4.78, 5) is 0. The molecule has 3 nitrogen and oxygen atoms in total. The summed E-state index contributed by atoms with van der Waals surface area (Å²) < 4.78 is 26.0. The first-order valence-corrected chi connectivity index (χ1v) is 6.47. The first kappa shape index (κ1) is 14.1. The van der Waals surface area contributed by atoms with Crippen molar-refractivity contribution in [2.45, 2.75) is 19.8 Å². The van der Waals surface area contributed by atoms with E-state index in [0.717, 1.165) is 30.2 Å². The van der Waals surface area contributed by atoms with Crippen LogP contribution in [0.4, 0.5) is 0 Å². The van der Waals surface area contributed by atoms with Gasteiger partial charge in [0.2, 0.25) is 0 Å². The van der Waals surface area contributed by atoms with Crippen molar-refractivity contribution >= 4 is 10.1 Å². The molecule has 0 aliphatic rings. The lowest BCUT2D eigenvalue weighted by molar-refractivity contribution is 0.352. The minimum atomic E-state index is -3.34. The van der Waals surface area contributed by atoms with Crippen molar-refractivity contribution in [3.8, 4) is 0 Å².